The summed E-state index contributed by atoms with van der Waals surface area (Å²) in [6.45, 7) is 1.23. The lowest BCUT2D eigenvalue weighted by molar-refractivity contribution is -0.136. The number of rotatable bonds is 4. The van der Waals surface area contributed by atoms with Gasteiger partial charge in [0.1, 0.15) is 6.54 Å². The van der Waals surface area contributed by atoms with Gasteiger partial charge in [-0.2, -0.15) is 18.3 Å². The average molecular weight is 409 g/mol. The zero-order valence-electron chi connectivity index (χ0n) is 14.8. The number of alkyl halides is 3. The molecular formula is C19H16ClF3N4O. The fourth-order valence-corrected chi connectivity index (χ4v) is 3.39. The number of hydrogen-bond acceptors (Lipinski definition) is 3. The lowest BCUT2D eigenvalue weighted by Crippen LogP contribution is -2.20. The molecule has 2 heterocycles. The molecule has 0 unspecified atom stereocenters. The minimum Gasteiger partial charge on any atom is -0.324 e. The monoisotopic (exact) mass is 408 g/mol. The number of aryl methyl sites for hydroxylation is 1. The largest absolute Gasteiger partial charge is 0.417 e. The van der Waals surface area contributed by atoms with Crippen LogP contribution in [0.2, 0.25) is 5.02 Å². The van der Waals surface area contributed by atoms with E-state index in [1.165, 1.54) is 11.6 Å². The number of nitrogens with zero attached hydrogens (tertiary/aromatic N) is 3. The van der Waals surface area contributed by atoms with Gasteiger partial charge in [-0.1, -0.05) is 17.7 Å². The second kappa shape index (κ2) is 6.77. The summed E-state index contributed by atoms with van der Waals surface area (Å²) in [5.41, 5.74) is 0.408. The van der Waals surface area contributed by atoms with Crippen LogP contribution < -0.4 is 5.32 Å². The van der Waals surface area contributed by atoms with Crippen LogP contribution in [0.3, 0.4) is 0 Å². The first-order chi connectivity index (χ1) is 13.2. The number of hydrogen-bond donors (Lipinski definition) is 1. The number of carbonyl (C=O) groups is 1. The summed E-state index contributed by atoms with van der Waals surface area (Å²) in [6, 6.07) is 7.72. The molecule has 5 nitrogen and oxygen atoms in total. The molecule has 0 saturated heterocycles. The van der Waals surface area contributed by atoms with Crippen LogP contribution in [0.25, 0.3) is 11.0 Å². The maximum atomic E-state index is 13.6. The number of carbonyl (C=O) groups excluding carboxylic acids is 1. The highest BCUT2D eigenvalue weighted by atomic mass is 35.5. The molecule has 2 aromatic heterocycles. The van der Waals surface area contributed by atoms with Gasteiger partial charge in [-0.3, -0.25) is 4.79 Å². The Bertz CT molecular complexity index is 1070. The van der Waals surface area contributed by atoms with Gasteiger partial charge in [0.25, 0.3) is 0 Å². The molecule has 0 aliphatic heterocycles. The molecule has 1 aromatic carbocycles. The number of amides is 1. The van der Waals surface area contributed by atoms with E-state index in [0.29, 0.717) is 16.4 Å². The van der Waals surface area contributed by atoms with Crippen LogP contribution in [0.15, 0.2) is 30.3 Å². The van der Waals surface area contributed by atoms with E-state index in [4.69, 9.17) is 11.6 Å². The van der Waals surface area contributed by atoms with Crippen molar-refractivity contribution in [3.05, 3.63) is 52.3 Å². The third-order valence-electron chi connectivity index (χ3n) is 4.60. The molecule has 0 spiro atoms. The fourth-order valence-electron chi connectivity index (χ4n) is 3.20. The van der Waals surface area contributed by atoms with E-state index in [0.717, 1.165) is 18.9 Å². The van der Waals surface area contributed by atoms with E-state index in [9.17, 15) is 18.0 Å². The van der Waals surface area contributed by atoms with Crippen LogP contribution in [-0.2, 0) is 17.5 Å². The van der Waals surface area contributed by atoms with Crippen LogP contribution >= 0.6 is 11.6 Å². The highest BCUT2D eigenvalue weighted by molar-refractivity contribution is 6.30. The molecule has 0 radical (unpaired) electrons. The quantitative estimate of drug-likeness (QED) is 0.666. The smallest absolute Gasteiger partial charge is 0.324 e. The Morgan fingerprint density at radius 2 is 2.07 bits per heavy atom. The van der Waals surface area contributed by atoms with Crippen LogP contribution in [0.5, 0.6) is 0 Å². The van der Waals surface area contributed by atoms with Gasteiger partial charge in [0.15, 0.2) is 5.65 Å². The average Bonchev–Trinajstić information content (AvgIpc) is 3.40. The minimum atomic E-state index is -4.52. The molecule has 0 bridgehead atoms. The topological polar surface area (TPSA) is 59.8 Å². The lowest BCUT2D eigenvalue weighted by atomic mass is 10.1. The molecule has 1 N–H and O–H groups in total. The van der Waals surface area contributed by atoms with Gasteiger partial charge in [-0.25, -0.2) is 9.67 Å². The molecule has 146 valence electrons. The maximum Gasteiger partial charge on any atom is 0.417 e. The first kappa shape index (κ1) is 18.7. The Balaban J connectivity index is 1.71. The number of nitrogens with one attached hydrogen (secondary N) is 1. The second-order valence-electron chi connectivity index (χ2n) is 6.87. The number of fused-ring (bicyclic) bond motifs is 1. The summed E-state index contributed by atoms with van der Waals surface area (Å²) >= 11 is 5.90. The standard InChI is InChI=1S/C19H16ClF3N4O/c1-10-17-14(19(21,22)23)8-15(11-5-6-11)25-18(17)27(26-10)9-16(28)24-13-4-2-3-12(20)7-13/h2-4,7-8,11H,5-6,9H2,1H3,(H,24,28). The van der Waals surface area contributed by atoms with E-state index in [2.05, 4.69) is 15.4 Å². The highest BCUT2D eigenvalue weighted by Crippen LogP contribution is 2.43. The van der Waals surface area contributed by atoms with Crippen molar-refractivity contribution in [3.63, 3.8) is 0 Å². The molecule has 4 rings (SSSR count). The van der Waals surface area contributed by atoms with Gasteiger partial charge in [-0.15, -0.1) is 0 Å². The van der Waals surface area contributed by atoms with Crippen molar-refractivity contribution in [2.45, 2.75) is 38.4 Å². The first-order valence-electron chi connectivity index (χ1n) is 8.73. The van der Waals surface area contributed by atoms with Gasteiger partial charge in [-0.05, 0) is 44.0 Å². The van der Waals surface area contributed by atoms with Crippen LogP contribution in [0, 0.1) is 6.92 Å². The van der Waals surface area contributed by atoms with Crippen molar-refractivity contribution < 1.29 is 18.0 Å². The maximum absolute atomic E-state index is 13.6. The van der Waals surface area contributed by atoms with E-state index in [-0.39, 0.29) is 29.2 Å². The highest BCUT2D eigenvalue weighted by Gasteiger charge is 2.37. The SMILES string of the molecule is Cc1nn(CC(=O)Nc2cccc(Cl)c2)c2nc(C3CC3)cc(C(F)(F)F)c12. The number of halogens is 4. The van der Waals surface area contributed by atoms with Gasteiger partial charge in [0, 0.05) is 22.3 Å². The van der Waals surface area contributed by atoms with Crippen molar-refractivity contribution in [1.29, 1.82) is 0 Å². The van der Waals surface area contributed by atoms with E-state index < -0.39 is 17.6 Å². The Morgan fingerprint density at radius 1 is 1.32 bits per heavy atom. The summed E-state index contributed by atoms with van der Waals surface area (Å²) in [6.07, 6.45) is -2.89. The number of anilines is 1. The summed E-state index contributed by atoms with van der Waals surface area (Å²) in [5.74, 6) is -0.395. The third-order valence-corrected chi connectivity index (χ3v) is 4.84. The summed E-state index contributed by atoms with van der Waals surface area (Å²) in [7, 11) is 0. The van der Waals surface area contributed by atoms with Crippen molar-refractivity contribution in [2.75, 3.05) is 5.32 Å². The van der Waals surface area contributed by atoms with Crippen LogP contribution in [0.4, 0.5) is 18.9 Å². The Morgan fingerprint density at radius 3 is 2.71 bits per heavy atom. The van der Waals surface area contributed by atoms with Gasteiger partial charge >= 0.3 is 6.18 Å². The Hall–Kier alpha value is -2.61. The van der Waals surface area contributed by atoms with Gasteiger partial charge in [0.05, 0.1) is 16.6 Å². The minimum absolute atomic E-state index is 0.0365. The molecule has 3 aromatic rings. The second-order valence-corrected chi connectivity index (χ2v) is 7.30. The molecule has 0 atom stereocenters. The predicted molar refractivity (Wildman–Crippen MR) is 99.3 cm³/mol. The zero-order chi connectivity index (χ0) is 20.1. The summed E-state index contributed by atoms with van der Waals surface area (Å²) < 4.78 is 42.0. The molecule has 28 heavy (non-hydrogen) atoms. The molecule has 1 aliphatic carbocycles. The predicted octanol–water partition coefficient (Wildman–Crippen LogP) is 4.93. The van der Waals surface area contributed by atoms with Crippen molar-refractivity contribution in [3.8, 4) is 0 Å². The summed E-state index contributed by atoms with van der Waals surface area (Å²) in [4.78, 5) is 16.8. The van der Waals surface area contributed by atoms with Crippen molar-refractivity contribution >= 4 is 34.2 Å². The molecule has 1 saturated carbocycles. The van der Waals surface area contributed by atoms with Crippen molar-refractivity contribution in [2.24, 2.45) is 0 Å². The van der Waals surface area contributed by atoms with Gasteiger partial charge < -0.3 is 5.32 Å². The first-order valence-corrected chi connectivity index (χ1v) is 9.11. The normalized spacial score (nSPS) is 14.5. The third kappa shape index (κ3) is 3.69. The van der Waals surface area contributed by atoms with Crippen LogP contribution in [0.1, 0.15) is 35.7 Å². The lowest BCUT2D eigenvalue weighted by Gasteiger charge is -2.11. The fraction of sp³-hybridized carbons (Fsp3) is 0.316. The Kier molecular flexibility index (Phi) is 4.53. The molecule has 1 fully saturated rings. The zero-order valence-corrected chi connectivity index (χ0v) is 15.6. The number of pyridine rings is 1. The Labute approximate surface area is 163 Å². The summed E-state index contributed by atoms with van der Waals surface area (Å²) in [5, 5.41) is 7.22. The molecular weight excluding hydrogens is 393 g/mol. The molecule has 1 amide bonds. The van der Waals surface area contributed by atoms with Crippen molar-refractivity contribution in [1.82, 2.24) is 14.8 Å². The van der Waals surface area contributed by atoms with E-state index >= 15 is 0 Å². The molecule has 9 heteroatoms. The van der Waals surface area contributed by atoms with E-state index in [1.54, 1.807) is 24.3 Å². The molecule has 1 aliphatic rings. The van der Waals surface area contributed by atoms with Gasteiger partial charge in [0.2, 0.25) is 5.91 Å². The van der Waals surface area contributed by atoms with E-state index in [1.807, 2.05) is 0 Å². The number of aromatic nitrogens is 3. The van der Waals surface area contributed by atoms with Crippen LogP contribution in [-0.4, -0.2) is 20.7 Å². The number of benzene rings is 1.